The van der Waals surface area contributed by atoms with Gasteiger partial charge in [-0.3, -0.25) is 4.79 Å². The van der Waals surface area contributed by atoms with Crippen molar-refractivity contribution in [2.45, 2.75) is 33.3 Å². The SMILES string of the molecule is CCc1ccc(C(=O)c2cc(I)c(OC(C)C)cc2Br)cc1. The number of hydrogen-bond acceptors (Lipinski definition) is 2. The van der Waals surface area contributed by atoms with Gasteiger partial charge in [0.25, 0.3) is 0 Å². The molecule has 0 atom stereocenters. The highest BCUT2D eigenvalue weighted by Crippen LogP contribution is 2.31. The van der Waals surface area contributed by atoms with Gasteiger partial charge in [0.05, 0.1) is 9.67 Å². The Labute approximate surface area is 153 Å². The lowest BCUT2D eigenvalue weighted by Crippen LogP contribution is -2.08. The summed E-state index contributed by atoms with van der Waals surface area (Å²) in [5.41, 5.74) is 2.59. The Hall–Kier alpha value is -0.880. The van der Waals surface area contributed by atoms with Gasteiger partial charge in [-0.1, -0.05) is 31.2 Å². The number of hydrogen-bond donors (Lipinski definition) is 0. The van der Waals surface area contributed by atoms with Crippen molar-refractivity contribution in [2.75, 3.05) is 0 Å². The fourth-order valence-corrected chi connectivity index (χ4v) is 3.19. The van der Waals surface area contributed by atoms with E-state index in [2.05, 4.69) is 45.4 Å². The van der Waals surface area contributed by atoms with Crippen LogP contribution in [-0.4, -0.2) is 11.9 Å². The molecular formula is C18H18BrIO2. The van der Waals surface area contributed by atoms with Crippen molar-refractivity contribution in [3.8, 4) is 5.75 Å². The summed E-state index contributed by atoms with van der Waals surface area (Å²) >= 11 is 5.70. The first-order valence-corrected chi connectivity index (χ1v) is 9.09. The lowest BCUT2D eigenvalue weighted by atomic mass is 10.0. The molecule has 0 heterocycles. The minimum atomic E-state index is 0.0172. The monoisotopic (exact) mass is 472 g/mol. The molecule has 4 heteroatoms. The van der Waals surface area contributed by atoms with Crippen molar-refractivity contribution < 1.29 is 9.53 Å². The average Bonchev–Trinajstić information content (AvgIpc) is 2.49. The molecule has 0 fully saturated rings. The van der Waals surface area contributed by atoms with E-state index in [1.807, 2.05) is 50.2 Å². The van der Waals surface area contributed by atoms with Gasteiger partial charge < -0.3 is 4.74 Å². The molecule has 2 rings (SSSR count). The molecule has 0 unspecified atom stereocenters. The number of benzene rings is 2. The third-order valence-corrected chi connectivity index (χ3v) is 4.75. The van der Waals surface area contributed by atoms with E-state index >= 15 is 0 Å². The summed E-state index contributed by atoms with van der Waals surface area (Å²) in [4.78, 5) is 12.7. The highest BCUT2D eigenvalue weighted by Gasteiger charge is 2.16. The van der Waals surface area contributed by atoms with Crippen LogP contribution in [0.3, 0.4) is 0 Å². The molecule has 2 aromatic rings. The fraction of sp³-hybridized carbons (Fsp3) is 0.278. The zero-order valence-electron chi connectivity index (χ0n) is 12.8. The van der Waals surface area contributed by atoms with Gasteiger partial charge in [0.15, 0.2) is 5.78 Å². The van der Waals surface area contributed by atoms with E-state index in [1.165, 1.54) is 5.56 Å². The summed E-state index contributed by atoms with van der Waals surface area (Å²) in [6.45, 7) is 6.07. The third-order valence-electron chi connectivity index (χ3n) is 3.25. The normalized spacial score (nSPS) is 10.8. The summed E-state index contributed by atoms with van der Waals surface area (Å²) in [6, 6.07) is 11.5. The number of rotatable bonds is 5. The molecular weight excluding hydrogens is 455 g/mol. The fourth-order valence-electron chi connectivity index (χ4n) is 2.09. The Kier molecular flexibility index (Phi) is 6.03. The summed E-state index contributed by atoms with van der Waals surface area (Å²) in [6.07, 6.45) is 1.07. The van der Waals surface area contributed by atoms with Crippen LogP contribution < -0.4 is 4.74 Å². The number of carbonyl (C=O) groups is 1. The van der Waals surface area contributed by atoms with Gasteiger partial charge in [-0.05, 0) is 76.5 Å². The minimum absolute atomic E-state index is 0.0172. The average molecular weight is 473 g/mol. The van der Waals surface area contributed by atoms with Crippen LogP contribution in [0.1, 0.15) is 42.3 Å². The zero-order chi connectivity index (χ0) is 16.3. The molecule has 0 saturated carbocycles. The second-order valence-electron chi connectivity index (χ2n) is 5.31. The molecule has 0 aromatic heterocycles. The van der Waals surface area contributed by atoms with E-state index in [1.54, 1.807) is 0 Å². The highest BCUT2D eigenvalue weighted by molar-refractivity contribution is 14.1. The van der Waals surface area contributed by atoms with Crippen molar-refractivity contribution in [1.29, 1.82) is 0 Å². The first-order chi connectivity index (χ1) is 10.4. The summed E-state index contributed by atoms with van der Waals surface area (Å²) in [7, 11) is 0. The Bertz CT molecular complexity index is 678. The Balaban J connectivity index is 2.35. The largest absolute Gasteiger partial charge is 0.490 e. The Morgan fingerprint density at radius 1 is 1.23 bits per heavy atom. The number of ether oxygens (including phenoxy) is 1. The first-order valence-electron chi connectivity index (χ1n) is 7.21. The molecule has 0 aliphatic heterocycles. The van der Waals surface area contributed by atoms with Gasteiger partial charge in [0.1, 0.15) is 5.75 Å². The molecule has 116 valence electrons. The van der Waals surface area contributed by atoms with E-state index < -0.39 is 0 Å². The van der Waals surface area contributed by atoms with Crippen LogP contribution in [0.15, 0.2) is 40.9 Å². The van der Waals surface area contributed by atoms with E-state index in [9.17, 15) is 4.79 Å². The maximum absolute atomic E-state index is 12.7. The first kappa shape index (κ1) is 17.5. The second kappa shape index (κ2) is 7.59. The molecule has 0 amide bonds. The highest BCUT2D eigenvalue weighted by atomic mass is 127. The minimum Gasteiger partial charge on any atom is -0.490 e. The van der Waals surface area contributed by atoms with E-state index in [0.717, 1.165) is 20.2 Å². The van der Waals surface area contributed by atoms with Gasteiger partial charge in [-0.2, -0.15) is 0 Å². The van der Waals surface area contributed by atoms with Gasteiger partial charge in [0, 0.05) is 15.6 Å². The summed E-state index contributed by atoms with van der Waals surface area (Å²) in [5.74, 6) is 0.809. The van der Waals surface area contributed by atoms with Crippen LogP contribution in [-0.2, 0) is 6.42 Å². The van der Waals surface area contributed by atoms with Gasteiger partial charge in [0.2, 0.25) is 0 Å². The molecule has 0 N–H and O–H groups in total. The summed E-state index contributed by atoms with van der Waals surface area (Å²) < 4.78 is 7.44. The predicted octanol–water partition coefficient (Wildman–Crippen LogP) is 5.63. The number of carbonyl (C=O) groups excluding carboxylic acids is 1. The maximum atomic E-state index is 12.7. The molecule has 2 aromatic carbocycles. The maximum Gasteiger partial charge on any atom is 0.194 e. The molecule has 0 radical (unpaired) electrons. The van der Waals surface area contributed by atoms with Crippen LogP contribution in [0.5, 0.6) is 5.75 Å². The lowest BCUT2D eigenvalue weighted by molar-refractivity contribution is 0.103. The number of ketones is 1. The van der Waals surface area contributed by atoms with Crippen molar-refractivity contribution in [2.24, 2.45) is 0 Å². The number of halogens is 2. The van der Waals surface area contributed by atoms with Crippen molar-refractivity contribution in [3.63, 3.8) is 0 Å². The van der Waals surface area contributed by atoms with E-state index in [0.29, 0.717) is 11.1 Å². The molecule has 0 spiro atoms. The molecule has 2 nitrogen and oxygen atoms in total. The third kappa shape index (κ3) is 4.10. The van der Waals surface area contributed by atoms with Gasteiger partial charge in [-0.15, -0.1) is 0 Å². The van der Waals surface area contributed by atoms with Crippen molar-refractivity contribution in [1.82, 2.24) is 0 Å². The van der Waals surface area contributed by atoms with Crippen LogP contribution in [0.2, 0.25) is 0 Å². The predicted molar refractivity (Wildman–Crippen MR) is 102 cm³/mol. The molecule has 22 heavy (non-hydrogen) atoms. The number of aryl methyl sites for hydroxylation is 1. The second-order valence-corrected chi connectivity index (χ2v) is 7.33. The zero-order valence-corrected chi connectivity index (χ0v) is 16.6. The topological polar surface area (TPSA) is 26.3 Å². The van der Waals surface area contributed by atoms with Crippen molar-refractivity contribution in [3.05, 3.63) is 61.1 Å². The van der Waals surface area contributed by atoms with Crippen LogP contribution >= 0.6 is 38.5 Å². The quantitative estimate of drug-likeness (QED) is 0.416. The van der Waals surface area contributed by atoms with Gasteiger partial charge in [-0.25, -0.2) is 0 Å². The van der Waals surface area contributed by atoms with Crippen molar-refractivity contribution >= 4 is 44.3 Å². The van der Waals surface area contributed by atoms with Gasteiger partial charge >= 0.3 is 0 Å². The Morgan fingerprint density at radius 2 is 1.86 bits per heavy atom. The Morgan fingerprint density at radius 3 is 2.41 bits per heavy atom. The van der Waals surface area contributed by atoms with Crippen LogP contribution in [0.4, 0.5) is 0 Å². The van der Waals surface area contributed by atoms with Crippen LogP contribution in [0, 0.1) is 3.57 Å². The van der Waals surface area contributed by atoms with Crippen LogP contribution in [0.25, 0.3) is 0 Å². The summed E-state index contributed by atoms with van der Waals surface area (Å²) in [5, 5.41) is 0. The van der Waals surface area contributed by atoms with E-state index in [4.69, 9.17) is 4.74 Å². The standard InChI is InChI=1S/C18H18BrIO2/c1-4-12-5-7-13(8-6-12)18(21)14-9-16(20)17(10-15(14)19)22-11(2)3/h5-11H,4H2,1-3H3. The van der Waals surface area contributed by atoms with E-state index in [-0.39, 0.29) is 11.9 Å². The smallest absolute Gasteiger partial charge is 0.194 e. The molecule has 0 saturated heterocycles. The molecule has 0 aliphatic rings. The molecule has 0 bridgehead atoms. The lowest BCUT2D eigenvalue weighted by Gasteiger charge is -2.14. The molecule has 0 aliphatic carbocycles.